The summed E-state index contributed by atoms with van der Waals surface area (Å²) in [7, 11) is 2.07. The molecule has 1 N–H and O–H groups in total. The first kappa shape index (κ1) is 23.0. The Morgan fingerprint density at radius 2 is 1.94 bits per heavy atom. The van der Waals surface area contributed by atoms with Gasteiger partial charge in [0.25, 0.3) is 5.91 Å². The van der Waals surface area contributed by atoms with Crippen LogP contribution in [0.25, 0.3) is 5.65 Å². The number of amides is 1. The van der Waals surface area contributed by atoms with Gasteiger partial charge in [-0.15, -0.1) is 0 Å². The summed E-state index contributed by atoms with van der Waals surface area (Å²) in [6.45, 7) is 5.14. The van der Waals surface area contributed by atoms with E-state index in [1.807, 2.05) is 15.5 Å². The molecule has 0 aliphatic carbocycles. The SMILES string of the molecule is CN1CCNCCOc2ccc(F)cc2C(=O)N2CCCC[C@H]2c2cc3nc(N4CCC4)cc1n3n2. The smallest absolute Gasteiger partial charge is 0.258 e. The van der Waals surface area contributed by atoms with E-state index >= 15 is 0 Å². The minimum Gasteiger partial charge on any atom is -0.491 e. The van der Waals surface area contributed by atoms with Crippen LogP contribution in [0.4, 0.5) is 16.0 Å². The Balaban J connectivity index is 1.45. The van der Waals surface area contributed by atoms with Crippen molar-refractivity contribution in [1.29, 1.82) is 0 Å². The number of ether oxygens (including phenoxy) is 1. The number of piperidine rings is 1. The first-order valence-electron chi connectivity index (χ1n) is 12.9. The summed E-state index contributed by atoms with van der Waals surface area (Å²) in [5.41, 5.74) is 1.85. The molecule has 1 aromatic carbocycles. The second-order valence-corrected chi connectivity index (χ2v) is 9.82. The lowest BCUT2D eigenvalue weighted by atomic mass is 9.98. The minimum absolute atomic E-state index is 0.204. The van der Waals surface area contributed by atoms with E-state index in [1.165, 1.54) is 18.6 Å². The van der Waals surface area contributed by atoms with Crippen LogP contribution in [-0.2, 0) is 0 Å². The Labute approximate surface area is 209 Å². The lowest BCUT2D eigenvalue weighted by Gasteiger charge is -2.35. The maximum atomic E-state index is 14.2. The molecule has 0 radical (unpaired) electrons. The molecule has 5 heterocycles. The highest BCUT2D eigenvalue weighted by Gasteiger charge is 2.33. The molecule has 9 nitrogen and oxygen atoms in total. The van der Waals surface area contributed by atoms with E-state index in [4.69, 9.17) is 14.8 Å². The van der Waals surface area contributed by atoms with Crippen molar-refractivity contribution >= 4 is 23.2 Å². The van der Waals surface area contributed by atoms with Gasteiger partial charge in [0.15, 0.2) is 5.65 Å². The topological polar surface area (TPSA) is 78.2 Å². The number of aromatic nitrogens is 3. The lowest BCUT2D eigenvalue weighted by Crippen LogP contribution is -2.39. The lowest BCUT2D eigenvalue weighted by molar-refractivity contribution is 0.0601. The van der Waals surface area contributed by atoms with E-state index in [0.29, 0.717) is 25.4 Å². The van der Waals surface area contributed by atoms with Crippen LogP contribution in [0.15, 0.2) is 30.3 Å². The van der Waals surface area contributed by atoms with Crippen LogP contribution in [-0.4, -0.2) is 78.3 Å². The standard InChI is InChI=1S/C26H32FN7O2/c1-31-13-8-28-9-14-36-22-7-6-18(27)15-19(22)26(35)33-12-3-2-5-21(33)20-16-24-29-23(32-10-4-11-32)17-25(31)34(24)30-20/h6-7,15-17,21,28H,2-5,8-14H2,1H3/t21-/m0/s1. The third-order valence-electron chi connectivity index (χ3n) is 7.42. The number of halogens is 1. The predicted molar refractivity (Wildman–Crippen MR) is 135 cm³/mol. The summed E-state index contributed by atoms with van der Waals surface area (Å²) >= 11 is 0. The number of carbonyl (C=O) groups excluding carboxylic acids is 1. The fourth-order valence-electron chi connectivity index (χ4n) is 5.26. The fourth-order valence-corrected chi connectivity index (χ4v) is 5.26. The molecule has 3 aliphatic rings. The third-order valence-corrected chi connectivity index (χ3v) is 7.42. The van der Waals surface area contributed by atoms with Crippen LogP contribution in [0.5, 0.6) is 5.75 Å². The average Bonchev–Trinajstić information content (AvgIpc) is 3.28. The molecule has 0 spiro atoms. The number of anilines is 2. The summed E-state index contributed by atoms with van der Waals surface area (Å²) in [4.78, 5) is 25.0. The molecule has 0 unspecified atom stereocenters. The molecule has 36 heavy (non-hydrogen) atoms. The predicted octanol–water partition coefficient (Wildman–Crippen LogP) is 2.86. The first-order valence-corrected chi connectivity index (χ1v) is 12.9. The zero-order chi connectivity index (χ0) is 24.6. The first-order chi connectivity index (χ1) is 17.6. The molecule has 2 aromatic heterocycles. The van der Waals surface area contributed by atoms with E-state index in [0.717, 1.165) is 68.4 Å². The molecule has 3 aliphatic heterocycles. The van der Waals surface area contributed by atoms with Crippen LogP contribution in [0.1, 0.15) is 47.8 Å². The molecule has 10 heteroatoms. The summed E-state index contributed by atoms with van der Waals surface area (Å²) in [5.74, 6) is 1.67. The van der Waals surface area contributed by atoms with Crippen molar-refractivity contribution in [1.82, 2.24) is 24.8 Å². The molecular weight excluding hydrogens is 461 g/mol. The van der Waals surface area contributed by atoms with Gasteiger partial charge in [0, 0.05) is 58.4 Å². The van der Waals surface area contributed by atoms with E-state index < -0.39 is 5.82 Å². The molecule has 1 atom stereocenters. The number of fused-ring (bicyclic) bond motifs is 4. The fraction of sp³-hybridized carbons (Fsp3) is 0.500. The van der Waals surface area contributed by atoms with Gasteiger partial charge in [-0.3, -0.25) is 4.79 Å². The number of rotatable bonds is 1. The molecular formula is C26H32FN7O2. The van der Waals surface area contributed by atoms with Gasteiger partial charge in [-0.05, 0) is 43.9 Å². The van der Waals surface area contributed by atoms with Gasteiger partial charge >= 0.3 is 0 Å². The molecule has 3 aromatic rings. The normalized spacial score (nSPS) is 21.2. The van der Waals surface area contributed by atoms with Crippen LogP contribution in [0.2, 0.25) is 0 Å². The number of carbonyl (C=O) groups is 1. The van der Waals surface area contributed by atoms with Crippen LogP contribution in [0.3, 0.4) is 0 Å². The Morgan fingerprint density at radius 3 is 2.78 bits per heavy atom. The van der Waals surface area contributed by atoms with E-state index in [-0.39, 0.29) is 17.5 Å². The maximum Gasteiger partial charge on any atom is 0.258 e. The molecule has 0 saturated carbocycles. The van der Waals surface area contributed by atoms with Crippen molar-refractivity contribution in [2.75, 3.05) is 62.7 Å². The summed E-state index contributed by atoms with van der Waals surface area (Å²) in [5, 5.41) is 8.38. The Morgan fingerprint density at radius 1 is 1.06 bits per heavy atom. The molecule has 2 fully saturated rings. The second kappa shape index (κ2) is 9.57. The number of nitrogens with zero attached hydrogens (tertiary/aromatic N) is 6. The van der Waals surface area contributed by atoms with Gasteiger partial charge in [0.05, 0.1) is 17.3 Å². The Bertz CT molecular complexity index is 1270. The Kier molecular flexibility index (Phi) is 6.12. The zero-order valence-corrected chi connectivity index (χ0v) is 20.6. The average molecular weight is 494 g/mol. The van der Waals surface area contributed by atoms with Crippen LogP contribution in [0, 0.1) is 5.82 Å². The van der Waals surface area contributed by atoms with Gasteiger partial charge in [-0.2, -0.15) is 9.61 Å². The molecule has 2 saturated heterocycles. The van der Waals surface area contributed by atoms with Gasteiger partial charge in [-0.1, -0.05) is 0 Å². The zero-order valence-electron chi connectivity index (χ0n) is 20.6. The van der Waals surface area contributed by atoms with Crippen LogP contribution >= 0.6 is 0 Å². The summed E-state index contributed by atoms with van der Waals surface area (Å²) in [6.07, 6.45) is 3.88. The van der Waals surface area contributed by atoms with E-state index in [9.17, 15) is 9.18 Å². The maximum absolute atomic E-state index is 14.2. The Hall–Kier alpha value is -3.40. The van der Waals surface area contributed by atoms with Crippen molar-refractivity contribution in [3.8, 4) is 5.75 Å². The number of benzene rings is 1. The highest BCUT2D eigenvalue weighted by Crippen LogP contribution is 2.35. The molecule has 6 rings (SSSR count). The van der Waals surface area contributed by atoms with Gasteiger partial charge < -0.3 is 24.8 Å². The van der Waals surface area contributed by atoms with Crippen molar-refractivity contribution < 1.29 is 13.9 Å². The van der Waals surface area contributed by atoms with Crippen molar-refractivity contribution in [3.05, 3.63) is 47.4 Å². The number of nitrogens with one attached hydrogen (secondary N) is 1. The quantitative estimate of drug-likeness (QED) is 0.559. The number of hydrogen-bond donors (Lipinski definition) is 1. The summed E-state index contributed by atoms with van der Waals surface area (Å²) in [6, 6.07) is 8.10. The third kappa shape index (κ3) is 4.23. The van der Waals surface area contributed by atoms with Crippen LogP contribution < -0.4 is 19.9 Å². The van der Waals surface area contributed by atoms with E-state index in [1.54, 1.807) is 6.07 Å². The van der Waals surface area contributed by atoms with Gasteiger partial charge in [0.2, 0.25) is 0 Å². The minimum atomic E-state index is -0.449. The molecule has 1 amide bonds. The molecule has 2 bridgehead atoms. The monoisotopic (exact) mass is 493 g/mol. The second-order valence-electron chi connectivity index (χ2n) is 9.82. The highest BCUT2D eigenvalue weighted by atomic mass is 19.1. The summed E-state index contributed by atoms with van der Waals surface area (Å²) < 4.78 is 22.1. The number of likely N-dealkylation sites (N-methyl/N-ethyl adjacent to an activating group) is 1. The van der Waals surface area contributed by atoms with Crippen molar-refractivity contribution in [2.24, 2.45) is 0 Å². The van der Waals surface area contributed by atoms with Crippen molar-refractivity contribution in [3.63, 3.8) is 0 Å². The van der Waals surface area contributed by atoms with Crippen molar-refractivity contribution in [2.45, 2.75) is 31.7 Å². The van der Waals surface area contributed by atoms with Gasteiger partial charge in [0.1, 0.15) is 29.8 Å². The van der Waals surface area contributed by atoms with E-state index in [2.05, 4.69) is 28.2 Å². The highest BCUT2D eigenvalue weighted by molar-refractivity contribution is 5.97. The number of hydrogen-bond acceptors (Lipinski definition) is 7. The largest absolute Gasteiger partial charge is 0.491 e. The van der Waals surface area contributed by atoms with Gasteiger partial charge in [-0.25, -0.2) is 9.37 Å². The molecule has 190 valence electrons.